The van der Waals surface area contributed by atoms with Gasteiger partial charge in [-0.25, -0.2) is 5.43 Å². The van der Waals surface area contributed by atoms with Gasteiger partial charge < -0.3 is 11.1 Å². The fourth-order valence-corrected chi connectivity index (χ4v) is 4.03. The number of nitrogens with one attached hydrogen (secondary N) is 2. The summed E-state index contributed by atoms with van der Waals surface area (Å²) >= 11 is 0. The van der Waals surface area contributed by atoms with Crippen molar-refractivity contribution in [3.8, 4) is 0 Å². The zero-order valence-corrected chi connectivity index (χ0v) is 21.6. The number of amides is 4. The number of hydrogen-bond donors (Lipinski definition) is 3. The van der Waals surface area contributed by atoms with Crippen molar-refractivity contribution in [2.45, 2.75) is 58.2 Å². The molecular formula is C28H33N5O5. The van der Waals surface area contributed by atoms with Crippen LogP contribution >= 0.6 is 0 Å². The Bertz CT molecular complexity index is 1200. The van der Waals surface area contributed by atoms with Crippen LogP contribution in [0.25, 0.3) is 0 Å². The third-order valence-electron chi connectivity index (χ3n) is 6.02. The van der Waals surface area contributed by atoms with Crippen LogP contribution in [0, 0.1) is 5.92 Å². The Balaban J connectivity index is 1.85. The molecule has 0 saturated carbocycles. The molecule has 2 aromatic rings. The predicted octanol–water partition coefficient (Wildman–Crippen LogP) is 1.48. The Labute approximate surface area is 221 Å². The number of nitrogens with zero attached hydrogens (tertiary/aromatic N) is 2. The summed E-state index contributed by atoms with van der Waals surface area (Å²) in [5, 5.41) is 6.44. The molecule has 2 atom stereocenters. The van der Waals surface area contributed by atoms with Gasteiger partial charge in [0.25, 0.3) is 17.7 Å². The highest BCUT2D eigenvalue weighted by molar-refractivity contribution is 6.41. The number of Topliss-reactive ketones (excluding diaryl/α,β-unsaturated/α-hetero) is 1. The molecular weight excluding hydrogens is 486 g/mol. The van der Waals surface area contributed by atoms with Crippen molar-refractivity contribution in [3.63, 3.8) is 0 Å². The molecule has 0 unspecified atom stereocenters. The van der Waals surface area contributed by atoms with Gasteiger partial charge in [-0.2, -0.15) is 5.10 Å². The quantitative estimate of drug-likeness (QED) is 0.383. The first kappa shape index (κ1) is 28.4. The first-order valence-electron chi connectivity index (χ1n) is 12.5. The third kappa shape index (κ3) is 7.91. The van der Waals surface area contributed by atoms with Gasteiger partial charge in [0.2, 0.25) is 11.7 Å². The van der Waals surface area contributed by atoms with Crippen molar-refractivity contribution in [1.29, 1.82) is 0 Å². The van der Waals surface area contributed by atoms with E-state index in [-0.39, 0.29) is 49.8 Å². The van der Waals surface area contributed by atoms with Crippen LogP contribution in [0.4, 0.5) is 0 Å². The molecule has 0 saturated heterocycles. The van der Waals surface area contributed by atoms with E-state index >= 15 is 0 Å². The first-order chi connectivity index (χ1) is 18.2. The number of carbonyl (C=O) groups is 5. The highest BCUT2D eigenvalue weighted by Crippen LogP contribution is 2.14. The van der Waals surface area contributed by atoms with E-state index in [9.17, 15) is 24.0 Å². The molecule has 2 aromatic carbocycles. The van der Waals surface area contributed by atoms with Gasteiger partial charge in [0.15, 0.2) is 0 Å². The minimum atomic E-state index is -1.14. The number of benzene rings is 2. The number of imide groups is 1. The van der Waals surface area contributed by atoms with Gasteiger partial charge in [-0.05, 0) is 29.9 Å². The number of hydrogen-bond acceptors (Lipinski definition) is 7. The number of rotatable bonds is 11. The number of hydrazone groups is 1. The van der Waals surface area contributed by atoms with E-state index in [2.05, 4.69) is 15.8 Å². The van der Waals surface area contributed by atoms with E-state index in [1.54, 1.807) is 54.6 Å². The second-order valence-corrected chi connectivity index (χ2v) is 9.62. The standard InChI is InChI=1S/C28H33N5O5/c1-18(2)15-23(30-26(36)22-13-14-24(34)32-31-22)27(37)33(17-20-11-7-4-8-12-20)28(38)25(35)21(29)16-19-9-5-3-6-10-19/h3-12,18,21,23H,13-17,29H2,1-2H3,(H,30,36)(H,32,34)/t21-,23-/m0/s1. The van der Waals surface area contributed by atoms with E-state index in [1.807, 2.05) is 19.9 Å². The van der Waals surface area contributed by atoms with Gasteiger partial charge in [-0.3, -0.25) is 28.9 Å². The van der Waals surface area contributed by atoms with Crippen molar-refractivity contribution < 1.29 is 24.0 Å². The molecule has 38 heavy (non-hydrogen) atoms. The van der Waals surface area contributed by atoms with Gasteiger partial charge in [0.05, 0.1) is 12.6 Å². The topological polar surface area (TPSA) is 151 Å². The minimum absolute atomic E-state index is 0.0260. The lowest BCUT2D eigenvalue weighted by Gasteiger charge is -2.28. The fourth-order valence-electron chi connectivity index (χ4n) is 4.03. The van der Waals surface area contributed by atoms with E-state index in [1.165, 1.54) is 0 Å². The summed E-state index contributed by atoms with van der Waals surface area (Å²) in [6.07, 6.45) is 0.574. The molecule has 0 aliphatic carbocycles. The Kier molecular flexibility index (Phi) is 10.0. The second-order valence-electron chi connectivity index (χ2n) is 9.62. The average molecular weight is 520 g/mol. The Morgan fingerprint density at radius 2 is 1.58 bits per heavy atom. The fraction of sp³-hybridized carbons (Fsp3) is 0.357. The van der Waals surface area contributed by atoms with Crippen molar-refractivity contribution in [2.24, 2.45) is 16.8 Å². The van der Waals surface area contributed by atoms with Crippen LogP contribution in [0.2, 0.25) is 0 Å². The first-order valence-corrected chi connectivity index (χ1v) is 12.5. The van der Waals surface area contributed by atoms with Crippen LogP contribution in [-0.4, -0.2) is 52.1 Å². The largest absolute Gasteiger partial charge is 0.339 e. The summed E-state index contributed by atoms with van der Waals surface area (Å²) in [7, 11) is 0. The number of ketones is 1. The molecule has 4 N–H and O–H groups in total. The van der Waals surface area contributed by atoms with E-state index in [0.29, 0.717) is 5.56 Å². The maximum atomic E-state index is 13.8. The van der Waals surface area contributed by atoms with Crippen molar-refractivity contribution in [2.75, 3.05) is 0 Å². The summed E-state index contributed by atoms with van der Waals surface area (Å²) in [6, 6.07) is 15.6. The molecule has 10 nitrogen and oxygen atoms in total. The highest BCUT2D eigenvalue weighted by atomic mass is 16.2. The van der Waals surface area contributed by atoms with Crippen LogP contribution in [-0.2, 0) is 36.9 Å². The maximum absolute atomic E-state index is 13.8. The second kappa shape index (κ2) is 13.4. The van der Waals surface area contributed by atoms with Gasteiger partial charge in [0.1, 0.15) is 11.8 Å². The maximum Gasteiger partial charge on any atom is 0.298 e. The van der Waals surface area contributed by atoms with Gasteiger partial charge >= 0.3 is 0 Å². The smallest absolute Gasteiger partial charge is 0.298 e. The Hall–Kier alpha value is -4.18. The minimum Gasteiger partial charge on any atom is -0.339 e. The summed E-state index contributed by atoms with van der Waals surface area (Å²) in [6.45, 7) is 3.58. The number of nitrogens with two attached hydrogens (primary N) is 1. The normalized spacial score (nSPS) is 14.6. The zero-order chi connectivity index (χ0) is 27.7. The molecule has 0 spiro atoms. The Morgan fingerprint density at radius 1 is 0.974 bits per heavy atom. The van der Waals surface area contributed by atoms with E-state index in [4.69, 9.17) is 5.73 Å². The van der Waals surface area contributed by atoms with Crippen molar-refractivity contribution in [3.05, 3.63) is 71.8 Å². The van der Waals surface area contributed by atoms with Gasteiger partial charge in [-0.15, -0.1) is 0 Å². The van der Waals surface area contributed by atoms with Crippen LogP contribution in [0.15, 0.2) is 65.8 Å². The zero-order valence-electron chi connectivity index (χ0n) is 21.6. The molecule has 1 heterocycles. The van der Waals surface area contributed by atoms with Crippen molar-refractivity contribution >= 4 is 35.1 Å². The van der Waals surface area contributed by atoms with Gasteiger partial charge in [0, 0.05) is 12.8 Å². The molecule has 0 radical (unpaired) electrons. The summed E-state index contributed by atoms with van der Waals surface area (Å²) in [4.78, 5) is 65.4. The van der Waals surface area contributed by atoms with E-state index < -0.39 is 35.6 Å². The van der Waals surface area contributed by atoms with Crippen LogP contribution in [0.3, 0.4) is 0 Å². The molecule has 0 fully saturated rings. The molecule has 4 amide bonds. The lowest BCUT2D eigenvalue weighted by Crippen LogP contribution is -2.55. The lowest BCUT2D eigenvalue weighted by atomic mass is 9.99. The summed E-state index contributed by atoms with van der Waals surface area (Å²) in [5.41, 5.74) is 9.85. The molecule has 0 bridgehead atoms. The summed E-state index contributed by atoms with van der Waals surface area (Å²) < 4.78 is 0. The Morgan fingerprint density at radius 3 is 2.13 bits per heavy atom. The van der Waals surface area contributed by atoms with E-state index in [0.717, 1.165) is 10.5 Å². The predicted molar refractivity (Wildman–Crippen MR) is 141 cm³/mol. The van der Waals surface area contributed by atoms with Crippen LogP contribution in [0.5, 0.6) is 0 Å². The van der Waals surface area contributed by atoms with Gasteiger partial charge in [-0.1, -0.05) is 74.5 Å². The van der Waals surface area contributed by atoms with Crippen LogP contribution in [0.1, 0.15) is 44.2 Å². The lowest BCUT2D eigenvalue weighted by molar-refractivity contribution is -0.154. The molecule has 1 aliphatic rings. The van der Waals surface area contributed by atoms with Crippen LogP contribution < -0.4 is 16.5 Å². The van der Waals surface area contributed by atoms with Crippen molar-refractivity contribution in [1.82, 2.24) is 15.6 Å². The number of carbonyl (C=O) groups excluding carboxylic acids is 5. The molecule has 1 aliphatic heterocycles. The average Bonchev–Trinajstić information content (AvgIpc) is 2.91. The molecule has 10 heteroatoms. The summed E-state index contributed by atoms with van der Waals surface area (Å²) in [5.74, 6) is -3.60. The molecule has 3 rings (SSSR count). The third-order valence-corrected chi connectivity index (χ3v) is 6.02. The highest BCUT2D eigenvalue weighted by Gasteiger charge is 2.36. The molecule has 0 aromatic heterocycles. The monoisotopic (exact) mass is 519 g/mol. The molecule has 200 valence electrons. The SMILES string of the molecule is CC(C)C[C@H](NC(=O)C1=NNC(=O)CC1)C(=O)N(Cc1ccccc1)C(=O)C(=O)[C@@H](N)Cc1ccccc1.